The van der Waals surface area contributed by atoms with Crippen molar-refractivity contribution in [3.05, 3.63) is 23.3 Å². The van der Waals surface area contributed by atoms with Crippen molar-refractivity contribution in [1.82, 2.24) is 24.8 Å². The molecular weight excluding hydrogens is 348 g/mol. The third-order valence-corrected chi connectivity index (χ3v) is 5.46. The van der Waals surface area contributed by atoms with Gasteiger partial charge in [0.15, 0.2) is 0 Å². The molecule has 2 aromatic rings. The number of rotatable bonds is 3. The Balaban J connectivity index is 1.43. The summed E-state index contributed by atoms with van der Waals surface area (Å²) in [5.74, 6) is 1.49. The maximum Gasteiger partial charge on any atom is 0.409 e. The van der Waals surface area contributed by atoms with Crippen molar-refractivity contribution in [3.8, 4) is 0 Å². The molecular formula is C18H26N6O3. The molecule has 2 aromatic heterocycles. The van der Waals surface area contributed by atoms with Gasteiger partial charge in [-0.15, -0.1) is 0 Å². The predicted octanol–water partition coefficient (Wildman–Crippen LogP) is 2.36. The zero-order valence-corrected chi connectivity index (χ0v) is 16.1. The number of ether oxygens (including phenoxy) is 1. The fraction of sp³-hybridized carbons (Fsp3) is 0.667. The van der Waals surface area contributed by atoms with Gasteiger partial charge in [0.2, 0.25) is 5.89 Å². The Kier molecular flexibility index (Phi) is 4.75. The Labute approximate surface area is 158 Å². The van der Waals surface area contributed by atoms with E-state index in [2.05, 4.69) is 38.7 Å². The van der Waals surface area contributed by atoms with Gasteiger partial charge in [0, 0.05) is 31.6 Å². The molecule has 0 aromatic carbocycles. The highest BCUT2D eigenvalue weighted by molar-refractivity contribution is 5.67. The molecule has 0 bridgehead atoms. The third kappa shape index (κ3) is 3.38. The van der Waals surface area contributed by atoms with Crippen LogP contribution in [0.3, 0.4) is 0 Å². The largest absolute Gasteiger partial charge is 0.453 e. The van der Waals surface area contributed by atoms with Gasteiger partial charge in [-0.25, -0.2) is 4.79 Å². The van der Waals surface area contributed by atoms with Crippen molar-refractivity contribution in [1.29, 1.82) is 0 Å². The van der Waals surface area contributed by atoms with E-state index in [4.69, 9.17) is 9.26 Å². The summed E-state index contributed by atoms with van der Waals surface area (Å²) in [6, 6.07) is 0.328. The number of likely N-dealkylation sites (tertiary alicyclic amines) is 1. The summed E-state index contributed by atoms with van der Waals surface area (Å²) in [6.45, 7) is 7.17. The molecule has 1 amide bonds. The monoisotopic (exact) mass is 374 g/mol. The number of carbonyl (C=O) groups is 1. The highest BCUT2D eigenvalue weighted by Gasteiger charge is 2.30. The van der Waals surface area contributed by atoms with Crippen molar-refractivity contribution >= 4 is 12.0 Å². The SMILES string of the molecule is COC(=O)N1CCC(c2nc(N3CCc4cnn(C(C)C)c4C3)no2)CC1. The molecule has 2 aliphatic heterocycles. The summed E-state index contributed by atoms with van der Waals surface area (Å²) in [4.78, 5) is 20.1. The standard InChI is InChI=1S/C18H26N6O3/c1-12(2)24-15-11-23(9-6-14(15)10-19-24)17-20-16(27-21-17)13-4-7-22(8-5-13)18(25)26-3/h10,12-13H,4-9,11H2,1-3H3. The van der Waals surface area contributed by atoms with E-state index in [1.54, 1.807) is 4.90 Å². The summed E-state index contributed by atoms with van der Waals surface area (Å²) in [5, 5.41) is 8.74. The Bertz CT molecular complexity index is 806. The van der Waals surface area contributed by atoms with Crippen LogP contribution in [0.1, 0.15) is 55.8 Å². The van der Waals surface area contributed by atoms with E-state index in [0.717, 1.165) is 32.4 Å². The first-order chi connectivity index (χ1) is 13.1. The molecule has 27 heavy (non-hydrogen) atoms. The van der Waals surface area contributed by atoms with Crippen LogP contribution in [0.25, 0.3) is 0 Å². The van der Waals surface area contributed by atoms with E-state index in [1.165, 1.54) is 18.4 Å². The highest BCUT2D eigenvalue weighted by atomic mass is 16.5. The van der Waals surface area contributed by atoms with Gasteiger partial charge in [0.1, 0.15) is 0 Å². The number of nitrogens with zero attached hydrogens (tertiary/aromatic N) is 6. The molecule has 0 N–H and O–H groups in total. The minimum absolute atomic E-state index is 0.189. The number of amides is 1. The van der Waals surface area contributed by atoms with Crippen LogP contribution in [0.5, 0.6) is 0 Å². The first-order valence-electron chi connectivity index (χ1n) is 9.53. The number of anilines is 1. The Hall–Kier alpha value is -2.58. The molecule has 0 unspecified atom stereocenters. The van der Waals surface area contributed by atoms with Gasteiger partial charge in [-0.05, 0) is 43.8 Å². The van der Waals surface area contributed by atoms with Crippen molar-refractivity contribution in [2.45, 2.75) is 51.6 Å². The molecule has 4 rings (SSSR count). The lowest BCUT2D eigenvalue weighted by Gasteiger charge is -2.29. The molecule has 9 nitrogen and oxygen atoms in total. The molecule has 146 valence electrons. The van der Waals surface area contributed by atoms with Crippen molar-refractivity contribution in [2.24, 2.45) is 0 Å². The molecule has 2 aliphatic rings. The summed E-state index contributed by atoms with van der Waals surface area (Å²) < 4.78 is 12.4. The van der Waals surface area contributed by atoms with E-state index in [9.17, 15) is 4.79 Å². The van der Waals surface area contributed by atoms with Crippen molar-refractivity contribution < 1.29 is 14.1 Å². The van der Waals surface area contributed by atoms with Crippen LogP contribution in [0, 0.1) is 0 Å². The van der Waals surface area contributed by atoms with Gasteiger partial charge in [0.05, 0.1) is 25.5 Å². The first-order valence-corrected chi connectivity index (χ1v) is 9.53. The molecule has 4 heterocycles. The number of methoxy groups -OCH3 is 1. The van der Waals surface area contributed by atoms with E-state index < -0.39 is 0 Å². The van der Waals surface area contributed by atoms with Crippen LogP contribution in [0.4, 0.5) is 10.7 Å². The van der Waals surface area contributed by atoms with E-state index in [-0.39, 0.29) is 12.0 Å². The number of hydrogen-bond acceptors (Lipinski definition) is 7. The molecule has 0 saturated carbocycles. The Morgan fingerprint density at radius 2 is 2.07 bits per heavy atom. The van der Waals surface area contributed by atoms with Gasteiger partial charge in [-0.3, -0.25) is 4.68 Å². The second-order valence-electron chi connectivity index (χ2n) is 7.49. The highest BCUT2D eigenvalue weighted by Crippen LogP contribution is 2.30. The average molecular weight is 374 g/mol. The van der Waals surface area contributed by atoms with Crippen LogP contribution in [-0.2, 0) is 17.7 Å². The molecule has 0 spiro atoms. The molecule has 0 radical (unpaired) electrons. The quantitative estimate of drug-likeness (QED) is 0.814. The van der Waals surface area contributed by atoms with E-state index in [0.29, 0.717) is 31.0 Å². The lowest BCUT2D eigenvalue weighted by Crippen LogP contribution is -2.37. The summed E-state index contributed by atoms with van der Waals surface area (Å²) in [5.41, 5.74) is 2.54. The van der Waals surface area contributed by atoms with Crippen LogP contribution in [0.15, 0.2) is 10.7 Å². The van der Waals surface area contributed by atoms with E-state index >= 15 is 0 Å². The number of carbonyl (C=O) groups excluding carboxylic acids is 1. The third-order valence-electron chi connectivity index (χ3n) is 5.46. The van der Waals surface area contributed by atoms with Crippen LogP contribution in [0.2, 0.25) is 0 Å². The van der Waals surface area contributed by atoms with Gasteiger partial charge in [0.25, 0.3) is 5.95 Å². The van der Waals surface area contributed by atoms with Crippen molar-refractivity contribution in [2.75, 3.05) is 31.6 Å². The summed E-state index contributed by atoms with van der Waals surface area (Å²) in [6.07, 6.45) is 4.25. The van der Waals surface area contributed by atoms with Gasteiger partial charge < -0.3 is 19.1 Å². The van der Waals surface area contributed by atoms with Gasteiger partial charge in [-0.2, -0.15) is 10.1 Å². The van der Waals surface area contributed by atoms with Crippen molar-refractivity contribution in [3.63, 3.8) is 0 Å². The lowest BCUT2D eigenvalue weighted by molar-refractivity contribution is 0.109. The normalized spacial score (nSPS) is 18.1. The zero-order valence-electron chi connectivity index (χ0n) is 16.1. The zero-order chi connectivity index (χ0) is 19.0. The fourth-order valence-electron chi connectivity index (χ4n) is 3.90. The molecule has 1 saturated heterocycles. The van der Waals surface area contributed by atoms with E-state index in [1.807, 2.05) is 6.20 Å². The summed E-state index contributed by atoms with van der Waals surface area (Å²) >= 11 is 0. The maximum atomic E-state index is 11.6. The molecule has 0 atom stereocenters. The average Bonchev–Trinajstić information content (AvgIpc) is 3.34. The van der Waals surface area contributed by atoms with Gasteiger partial charge >= 0.3 is 6.09 Å². The fourth-order valence-corrected chi connectivity index (χ4v) is 3.90. The second kappa shape index (κ2) is 7.21. The minimum atomic E-state index is -0.273. The Morgan fingerprint density at radius 3 is 2.78 bits per heavy atom. The number of fused-ring (bicyclic) bond motifs is 1. The minimum Gasteiger partial charge on any atom is -0.453 e. The lowest BCUT2D eigenvalue weighted by atomic mass is 9.97. The van der Waals surface area contributed by atoms with Gasteiger partial charge in [-0.1, -0.05) is 0 Å². The Morgan fingerprint density at radius 1 is 1.30 bits per heavy atom. The second-order valence-corrected chi connectivity index (χ2v) is 7.49. The predicted molar refractivity (Wildman–Crippen MR) is 97.6 cm³/mol. The number of piperidine rings is 1. The summed E-state index contributed by atoms with van der Waals surface area (Å²) in [7, 11) is 1.41. The molecule has 1 fully saturated rings. The molecule has 9 heteroatoms. The first kappa shape index (κ1) is 17.8. The van der Waals surface area contributed by atoms with Crippen LogP contribution in [-0.4, -0.2) is 57.7 Å². The topological polar surface area (TPSA) is 89.5 Å². The number of hydrogen-bond donors (Lipinski definition) is 0. The maximum absolute atomic E-state index is 11.6. The van der Waals surface area contributed by atoms with Crippen LogP contribution >= 0.6 is 0 Å². The van der Waals surface area contributed by atoms with Crippen LogP contribution < -0.4 is 4.90 Å². The number of aromatic nitrogens is 4. The smallest absolute Gasteiger partial charge is 0.409 e. The molecule has 0 aliphatic carbocycles.